The van der Waals surface area contributed by atoms with E-state index in [1.807, 2.05) is 13.0 Å². The van der Waals surface area contributed by atoms with Crippen LogP contribution in [-0.4, -0.2) is 42.2 Å². The lowest BCUT2D eigenvalue weighted by atomic mass is 10.0. The maximum absolute atomic E-state index is 12.2. The normalized spacial score (nSPS) is 15.1. The molecular weight excluding hydrogens is 364 g/mol. The third-order valence-corrected chi connectivity index (χ3v) is 5.65. The van der Waals surface area contributed by atoms with Crippen molar-refractivity contribution in [2.24, 2.45) is 5.73 Å². The Labute approximate surface area is 169 Å². The van der Waals surface area contributed by atoms with Crippen molar-refractivity contribution >= 4 is 11.6 Å². The fraction of sp³-hybridized carbons (Fsp3) is 0.261. The molecule has 0 radical (unpaired) electrons. The quantitative estimate of drug-likeness (QED) is 0.585. The number of pyridine rings is 2. The molecule has 0 spiro atoms. The number of nitrogens with two attached hydrogens (primary N) is 1. The molecule has 1 aliphatic heterocycles. The first-order valence-electron chi connectivity index (χ1n) is 9.82. The highest BCUT2D eigenvalue weighted by Crippen LogP contribution is 2.40. The molecule has 0 saturated carbocycles. The van der Waals surface area contributed by atoms with Crippen LogP contribution < -0.4 is 10.6 Å². The SMILES string of the molecule is Cc1cncc(-c2cc(C(N)=O)c3c(n2)-c2ccc(N4CCOCC4)cc2C3)c1. The van der Waals surface area contributed by atoms with Crippen molar-refractivity contribution in [3.63, 3.8) is 0 Å². The summed E-state index contributed by atoms with van der Waals surface area (Å²) in [6.45, 7) is 5.26. The summed E-state index contributed by atoms with van der Waals surface area (Å²) >= 11 is 0. The molecular formula is C23H22N4O2. The van der Waals surface area contributed by atoms with E-state index in [0.29, 0.717) is 12.0 Å². The largest absolute Gasteiger partial charge is 0.378 e. The van der Waals surface area contributed by atoms with E-state index < -0.39 is 5.91 Å². The maximum atomic E-state index is 12.2. The number of hydrogen-bond acceptors (Lipinski definition) is 5. The Hall–Kier alpha value is -3.25. The van der Waals surface area contributed by atoms with E-state index in [4.69, 9.17) is 15.5 Å². The molecule has 1 amide bonds. The van der Waals surface area contributed by atoms with Gasteiger partial charge >= 0.3 is 0 Å². The molecule has 1 saturated heterocycles. The van der Waals surface area contributed by atoms with Gasteiger partial charge in [0, 0.05) is 54.3 Å². The Balaban J connectivity index is 1.61. The molecule has 0 atom stereocenters. The van der Waals surface area contributed by atoms with Gasteiger partial charge in [-0.15, -0.1) is 0 Å². The minimum atomic E-state index is -0.424. The molecule has 1 aromatic carbocycles. The first-order valence-corrected chi connectivity index (χ1v) is 9.82. The fourth-order valence-electron chi connectivity index (χ4n) is 4.20. The number of nitrogens with zero attached hydrogens (tertiary/aromatic N) is 3. The van der Waals surface area contributed by atoms with Crippen molar-refractivity contribution in [1.82, 2.24) is 9.97 Å². The summed E-state index contributed by atoms with van der Waals surface area (Å²) in [5.41, 5.74) is 14.1. The number of primary amides is 1. The first-order chi connectivity index (χ1) is 14.1. The molecule has 2 N–H and O–H groups in total. The van der Waals surface area contributed by atoms with Crippen molar-refractivity contribution in [2.75, 3.05) is 31.2 Å². The van der Waals surface area contributed by atoms with Gasteiger partial charge in [-0.05, 0) is 47.9 Å². The molecule has 5 rings (SSSR count). The van der Waals surface area contributed by atoms with Gasteiger partial charge in [-0.1, -0.05) is 6.07 Å². The smallest absolute Gasteiger partial charge is 0.249 e. The molecule has 1 fully saturated rings. The van der Waals surface area contributed by atoms with E-state index in [2.05, 4.69) is 28.1 Å². The second-order valence-corrected chi connectivity index (χ2v) is 7.62. The molecule has 6 heteroatoms. The van der Waals surface area contributed by atoms with Crippen LogP contribution in [0.5, 0.6) is 0 Å². The van der Waals surface area contributed by atoms with Crippen LogP contribution in [0, 0.1) is 6.92 Å². The highest BCUT2D eigenvalue weighted by atomic mass is 16.5. The number of anilines is 1. The van der Waals surface area contributed by atoms with Crippen LogP contribution in [0.25, 0.3) is 22.5 Å². The zero-order valence-corrected chi connectivity index (χ0v) is 16.3. The number of morpholine rings is 1. The summed E-state index contributed by atoms with van der Waals surface area (Å²) in [6, 6.07) is 10.3. The second kappa shape index (κ2) is 6.97. The Morgan fingerprint density at radius 1 is 1.14 bits per heavy atom. The number of aryl methyl sites for hydroxylation is 1. The van der Waals surface area contributed by atoms with Gasteiger partial charge in [-0.2, -0.15) is 0 Å². The summed E-state index contributed by atoms with van der Waals surface area (Å²) in [4.78, 5) is 23.7. The van der Waals surface area contributed by atoms with E-state index in [0.717, 1.165) is 59.9 Å². The summed E-state index contributed by atoms with van der Waals surface area (Å²) in [7, 11) is 0. The Bertz CT molecular complexity index is 1120. The first kappa shape index (κ1) is 17.8. The molecule has 29 heavy (non-hydrogen) atoms. The van der Waals surface area contributed by atoms with Crippen molar-refractivity contribution in [1.29, 1.82) is 0 Å². The van der Waals surface area contributed by atoms with Crippen molar-refractivity contribution in [3.05, 3.63) is 65.0 Å². The van der Waals surface area contributed by atoms with Gasteiger partial charge in [0.2, 0.25) is 5.91 Å². The monoisotopic (exact) mass is 386 g/mol. The number of carbonyl (C=O) groups excluding carboxylic acids is 1. The van der Waals surface area contributed by atoms with E-state index in [9.17, 15) is 4.79 Å². The Morgan fingerprint density at radius 3 is 2.72 bits per heavy atom. The average molecular weight is 386 g/mol. The van der Waals surface area contributed by atoms with E-state index in [1.54, 1.807) is 18.5 Å². The molecule has 2 aliphatic rings. The lowest BCUT2D eigenvalue weighted by Gasteiger charge is -2.29. The van der Waals surface area contributed by atoms with Crippen LogP contribution in [-0.2, 0) is 11.2 Å². The fourth-order valence-corrected chi connectivity index (χ4v) is 4.20. The minimum absolute atomic E-state index is 0.424. The molecule has 1 aliphatic carbocycles. The zero-order valence-electron chi connectivity index (χ0n) is 16.3. The number of fused-ring (bicyclic) bond motifs is 3. The van der Waals surface area contributed by atoms with E-state index in [-0.39, 0.29) is 0 Å². The number of benzene rings is 1. The van der Waals surface area contributed by atoms with Gasteiger partial charge in [-0.3, -0.25) is 9.78 Å². The van der Waals surface area contributed by atoms with Crippen LogP contribution in [0.2, 0.25) is 0 Å². The number of aromatic nitrogens is 2. The van der Waals surface area contributed by atoms with Crippen molar-refractivity contribution < 1.29 is 9.53 Å². The van der Waals surface area contributed by atoms with Gasteiger partial charge in [0.1, 0.15) is 0 Å². The summed E-state index contributed by atoms with van der Waals surface area (Å²) in [5.74, 6) is -0.424. The van der Waals surface area contributed by atoms with Crippen LogP contribution >= 0.6 is 0 Å². The van der Waals surface area contributed by atoms with Crippen LogP contribution in [0.3, 0.4) is 0 Å². The highest BCUT2D eigenvalue weighted by molar-refractivity contribution is 5.98. The lowest BCUT2D eigenvalue weighted by Crippen LogP contribution is -2.36. The van der Waals surface area contributed by atoms with Gasteiger partial charge in [0.25, 0.3) is 0 Å². The molecule has 3 heterocycles. The van der Waals surface area contributed by atoms with Crippen LogP contribution in [0.1, 0.15) is 27.0 Å². The van der Waals surface area contributed by atoms with E-state index in [1.165, 1.54) is 11.3 Å². The predicted molar refractivity (Wildman–Crippen MR) is 112 cm³/mol. The third-order valence-electron chi connectivity index (χ3n) is 5.65. The standard InChI is InChI=1S/C23H22N4O2/c1-14-8-16(13-25-12-14)21-11-20(23(24)28)19-10-15-9-17(27-4-6-29-7-5-27)2-3-18(15)22(19)26-21/h2-3,8-9,11-13H,4-7,10H2,1H3,(H2,24,28). The molecule has 6 nitrogen and oxygen atoms in total. The molecule has 2 aromatic heterocycles. The van der Waals surface area contributed by atoms with Crippen LogP contribution in [0.4, 0.5) is 5.69 Å². The number of hydrogen-bond donors (Lipinski definition) is 1. The lowest BCUT2D eigenvalue weighted by molar-refractivity contribution is 0.0999. The predicted octanol–water partition coefficient (Wildman–Crippen LogP) is 2.96. The zero-order chi connectivity index (χ0) is 20.0. The number of rotatable bonds is 3. The second-order valence-electron chi connectivity index (χ2n) is 7.62. The number of amides is 1. The number of carbonyl (C=O) groups is 1. The van der Waals surface area contributed by atoms with Crippen molar-refractivity contribution in [2.45, 2.75) is 13.3 Å². The minimum Gasteiger partial charge on any atom is -0.378 e. The Kier molecular flexibility index (Phi) is 4.28. The molecule has 146 valence electrons. The van der Waals surface area contributed by atoms with Gasteiger partial charge < -0.3 is 15.4 Å². The molecule has 0 unspecified atom stereocenters. The maximum Gasteiger partial charge on any atom is 0.249 e. The third kappa shape index (κ3) is 3.15. The van der Waals surface area contributed by atoms with Gasteiger partial charge in [-0.25, -0.2) is 4.98 Å². The topological polar surface area (TPSA) is 81.3 Å². The highest BCUT2D eigenvalue weighted by Gasteiger charge is 2.27. The van der Waals surface area contributed by atoms with Crippen molar-refractivity contribution in [3.8, 4) is 22.5 Å². The average Bonchev–Trinajstić information content (AvgIpc) is 3.11. The van der Waals surface area contributed by atoms with Crippen LogP contribution in [0.15, 0.2) is 42.7 Å². The van der Waals surface area contributed by atoms with E-state index >= 15 is 0 Å². The van der Waals surface area contributed by atoms with Gasteiger partial charge in [0.05, 0.1) is 24.6 Å². The molecule has 0 bridgehead atoms. The number of ether oxygens (including phenoxy) is 1. The summed E-state index contributed by atoms with van der Waals surface area (Å²) in [5, 5.41) is 0. The Morgan fingerprint density at radius 2 is 1.97 bits per heavy atom. The summed E-state index contributed by atoms with van der Waals surface area (Å²) < 4.78 is 5.46. The molecule has 3 aromatic rings. The van der Waals surface area contributed by atoms with Gasteiger partial charge in [0.15, 0.2) is 0 Å². The summed E-state index contributed by atoms with van der Waals surface area (Å²) in [6.07, 6.45) is 4.23.